The molecule has 3 rings (SSSR count). The number of amides is 1. The first-order valence-corrected chi connectivity index (χ1v) is 8.48. The SMILES string of the molecule is CCc1nnc(-c2cc(C)n(CC(=O)NCc3ccc(F)cc3)c2C)o1. The van der Waals surface area contributed by atoms with E-state index in [0.717, 1.165) is 22.5 Å². The summed E-state index contributed by atoms with van der Waals surface area (Å²) in [6.07, 6.45) is 0.678. The van der Waals surface area contributed by atoms with E-state index in [1.807, 2.05) is 31.4 Å². The Morgan fingerprint density at radius 2 is 1.96 bits per heavy atom. The molecule has 6 nitrogen and oxygen atoms in total. The molecule has 0 aliphatic heterocycles. The van der Waals surface area contributed by atoms with Gasteiger partial charge in [0.15, 0.2) is 0 Å². The number of nitrogens with zero attached hydrogens (tertiary/aromatic N) is 3. The molecule has 1 aromatic carbocycles. The van der Waals surface area contributed by atoms with Crippen LogP contribution in [0.4, 0.5) is 4.39 Å². The summed E-state index contributed by atoms with van der Waals surface area (Å²) in [5.41, 5.74) is 3.51. The van der Waals surface area contributed by atoms with Crippen molar-refractivity contribution in [2.75, 3.05) is 0 Å². The quantitative estimate of drug-likeness (QED) is 0.736. The van der Waals surface area contributed by atoms with Gasteiger partial charge in [0.2, 0.25) is 17.7 Å². The van der Waals surface area contributed by atoms with E-state index < -0.39 is 0 Å². The van der Waals surface area contributed by atoms with Gasteiger partial charge in [0, 0.05) is 24.4 Å². The van der Waals surface area contributed by atoms with Crippen molar-refractivity contribution in [1.82, 2.24) is 20.1 Å². The molecule has 0 aliphatic rings. The molecule has 3 aromatic rings. The molecule has 136 valence electrons. The van der Waals surface area contributed by atoms with Gasteiger partial charge in [-0.25, -0.2) is 4.39 Å². The molecular formula is C19H21FN4O2. The Balaban J connectivity index is 1.69. The van der Waals surface area contributed by atoms with Crippen molar-refractivity contribution >= 4 is 5.91 Å². The summed E-state index contributed by atoms with van der Waals surface area (Å²) >= 11 is 0. The Kier molecular flexibility index (Phi) is 5.16. The van der Waals surface area contributed by atoms with Crippen molar-refractivity contribution in [1.29, 1.82) is 0 Å². The van der Waals surface area contributed by atoms with Crippen molar-refractivity contribution in [2.24, 2.45) is 0 Å². The maximum absolute atomic E-state index is 12.9. The summed E-state index contributed by atoms with van der Waals surface area (Å²) in [6, 6.07) is 8.00. The first-order chi connectivity index (χ1) is 12.5. The molecule has 0 atom stereocenters. The molecule has 0 fully saturated rings. The lowest BCUT2D eigenvalue weighted by Crippen LogP contribution is -2.27. The molecule has 0 unspecified atom stereocenters. The van der Waals surface area contributed by atoms with Gasteiger partial charge in [-0.2, -0.15) is 0 Å². The molecule has 0 aliphatic carbocycles. The molecule has 26 heavy (non-hydrogen) atoms. The summed E-state index contributed by atoms with van der Waals surface area (Å²) in [4.78, 5) is 12.3. The minimum Gasteiger partial charge on any atom is -0.421 e. The van der Waals surface area contributed by atoms with E-state index in [1.54, 1.807) is 12.1 Å². The normalized spacial score (nSPS) is 10.9. The monoisotopic (exact) mass is 356 g/mol. The summed E-state index contributed by atoms with van der Waals surface area (Å²) in [7, 11) is 0. The number of nitrogens with one attached hydrogen (secondary N) is 1. The zero-order valence-electron chi connectivity index (χ0n) is 15.0. The molecule has 0 spiro atoms. The van der Waals surface area contributed by atoms with E-state index in [0.29, 0.717) is 24.7 Å². The molecule has 0 saturated carbocycles. The van der Waals surface area contributed by atoms with Gasteiger partial charge >= 0.3 is 0 Å². The fourth-order valence-electron chi connectivity index (χ4n) is 2.77. The maximum atomic E-state index is 12.9. The highest BCUT2D eigenvalue weighted by Crippen LogP contribution is 2.26. The predicted octanol–water partition coefficient (Wildman–Crippen LogP) is 3.17. The van der Waals surface area contributed by atoms with E-state index in [4.69, 9.17) is 4.42 Å². The van der Waals surface area contributed by atoms with Crippen molar-refractivity contribution in [3.63, 3.8) is 0 Å². The number of carbonyl (C=O) groups excluding carboxylic acids is 1. The molecule has 2 aromatic heterocycles. The Hall–Kier alpha value is -2.96. The fraction of sp³-hybridized carbons (Fsp3) is 0.316. The predicted molar refractivity (Wildman–Crippen MR) is 94.8 cm³/mol. The van der Waals surface area contributed by atoms with Crippen molar-refractivity contribution in [3.05, 3.63) is 59.0 Å². The highest BCUT2D eigenvalue weighted by molar-refractivity contribution is 5.76. The molecular weight excluding hydrogens is 335 g/mol. The number of rotatable bonds is 6. The average Bonchev–Trinajstić information content (AvgIpc) is 3.21. The Bertz CT molecular complexity index is 912. The smallest absolute Gasteiger partial charge is 0.249 e. The van der Waals surface area contributed by atoms with Crippen molar-refractivity contribution in [3.8, 4) is 11.5 Å². The lowest BCUT2D eigenvalue weighted by molar-refractivity contribution is -0.121. The number of halogens is 1. The molecule has 1 N–H and O–H groups in total. The molecule has 0 bridgehead atoms. The molecule has 0 radical (unpaired) electrons. The van der Waals surface area contributed by atoms with Gasteiger partial charge in [-0.05, 0) is 37.6 Å². The second kappa shape index (κ2) is 7.51. The fourth-order valence-corrected chi connectivity index (χ4v) is 2.77. The first-order valence-electron chi connectivity index (χ1n) is 8.48. The number of hydrogen-bond donors (Lipinski definition) is 1. The van der Waals surface area contributed by atoms with Crippen LogP contribution in [0.2, 0.25) is 0 Å². The third-order valence-corrected chi connectivity index (χ3v) is 4.28. The van der Waals surface area contributed by atoms with Crippen LogP contribution in [0.5, 0.6) is 0 Å². The topological polar surface area (TPSA) is 73.0 Å². The summed E-state index contributed by atoms with van der Waals surface area (Å²) in [6.45, 7) is 6.35. The standard InChI is InChI=1S/C19H21FN4O2/c1-4-18-22-23-19(26-18)16-9-12(2)24(13(16)3)11-17(25)21-10-14-5-7-15(20)8-6-14/h5-9H,4,10-11H2,1-3H3,(H,21,25). The van der Waals surface area contributed by atoms with E-state index >= 15 is 0 Å². The zero-order valence-corrected chi connectivity index (χ0v) is 15.0. The third kappa shape index (κ3) is 3.82. The first kappa shape index (κ1) is 17.8. The number of aromatic nitrogens is 3. The van der Waals surface area contributed by atoms with Gasteiger partial charge in [-0.3, -0.25) is 4.79 Å². The van der Waals surface area contributed by atoms with E-state index in [-0.39, 0.29) is 18.3 Å². The van der Waals surface area contributed by atoms with E-state index in [1.165, 1.54) is 12.1 Å². The van der Waals surface area contributed by atoms with Crippen LogP contribution in [-0.2, 0) is 24.3 Å². The van der Waals surface area contributed by atoms with Crippen molar-refractivity contribution in [2.45, 2.75) is 40.3 Å². The second-order valence-corrected chi connectivity index (χ2v) is 6.13. The van der Waals surface area contributed by atoms with Gasteiger partial charge in [-0.1, -0.05) is 19.1 Å². The largest absolute Gasteiger partial charge is 0.421 e. The van der Waals surface area contributed by atoms with Crippen molar-refractivity contribution < 1.29 is 13.6 Å². The second-order valence-electron chi connectivity index (χ2n) is 6.13. The lowest BCUT2D eigenvalue weighted by atomic mass is 10.2. The number of carbonyl (C=O) groups is 1. The minimum atomic E-state index is -0.293. The van der Waals surface area contributed by atoms with Crippen LogP contribution in [0.25, 0.3) is 11.5 Å². The van der Waals surface area contributed by atoms with Crippen LogP contribution >= 0.6 is 0 Å². The summed E-state index contributed by atoms with van der Waals surface area (Å²) in [5, 5.41) is 10.9. The highest BCUT2D eigenvalue weighted by Gasteiger charge is 2.17. The Labute approximate surface area is 151 Å². The van der Waals surface area contributed by atoms with Crippen LogP contribution in [0.15, 0.2) is 34.7 Å². The molecule has 0 saturated heterocycles. The third-order valence-electron chi connectivity index (χ3n) is 4.28. The van der Waals surface area contributed by atoms with Crippen LogP contribution < -0.4 is 5.32 Å². The zero-order chi connectivity index (χ0) is 18.7. The molecule has 2 heterocycles. The molecule has 7 heteroatoms. The summed E-state index contributed by atoms with van der Waals surface area (Å²) < 4.78 is 20.4. The number of aryl methyl sites for hydroxylation is 2. The summed E-state index contributed by atoms with van der Waals surface area (Å²) in [5.74, 6) is 0.635. The highest BCUT2D eigenvalue weighted by atomic mass is 19.1. The van der Waals surface area contributed by atoms with Gasteiger partial charge in [0.1, 0.15) is 12.4 Å². The van der Waals surface area contributed by atoms with Crippen LogP contribution in [0.1, 0.15) is 29.8 Å². The van der Waals surface area contributed by atoms with E-state index in [2.05, 4.69) is 15.5 Å². The lowest BCUT2D eigenvalue weighted by Gasteiger charge is -2.10. The van der Waals surface area contributed by atoms with Crippen LogP contribution in [-0.4, -0.2) is 20.7 Å². The average molecular weight is 356 g/mol. The van der Waals surface area contributed by atoms with Crippen LogP contribution in [0, 0.1) is 19.7 Å². The van der Waals surface area contributed by atoms with E-state index in [9.17, 15) is 9.18 Å². The van der Waals surface area contributed by atoms with Gasteiger partial charge in [-0.15, -0.1) is 10.2 Å². The number of benzene rings is 1. The van der Waals surface area contributed by atoms with Crippen LogP contribution in [0.3, 0.4) is 0 Å². The molecule has 1 amide bonds. The van der Waals surface area contributed by atoms with Gasteiger partial charge in [0.05, 0.1) is 5.56 Å². The Morgan fingerprint density at radius 3 is 2.62 bits per heavy atom. The van der Waals surface area contributed by atoms with Gasteiger partial charge < -0.3 is 14.3 Å². The Morgan fingerprint density at radius 1 is 1.23 bits per heavy atom. The number of hydrogen-bond acceptors (Lipinski definition) is 4. The van der Waals surface area contributed by atoms with Gasteiger partial charge in [0.25, 0.3) is 0 Å². The minimum absolute atomic E-state index is 0.123. The maximum Gasteiger partial charge on any atom is 0.249 e.